The molecule has 0 N–H and O–H groups in total. The average Bonchev–Trinajstić information content (AvgIpc) is 2.48. The zero-order chi connectivity index (χ0) is 16.0. The van der Waals surface area contributed by atoms with E-state index in [1.165, 1.54) is 0 Å². The van der Waals surface area contributed by atoms with Crippen molar-refractivity contribution in [3.05, 3.63) is 83.8 Å². The molecule has 0 heterocycles. The number of benzene rings is 2. The number of nitrogens with zero attached hydrogens (tertiary/aromatic N) is 1. The van der Waals surface area contributed by atoms with Crippen molar-refractivity contribution in [3.63, 3.8) is 0 Å². The molecule has 0 fully saturated rings. The second-order valence-electron chi connectivity index (χ2n) is 5.35. The van der Waals surface area contributed by atoms with Crippen LogP contribution in [-0.4, -0.2) is 18.4 Å². The molecule has 5 heteroatoms. The fourth-order valence-corrected chi connectivity index (χ4v) is 2.24. The molecule has 0 aliphatic heterocycles. The van der Waals surface area contributed by atoms with Crippen LogP contribution in [0.15, 0.2) is 72.7 Å². The van der Waals surface area contributed by atoms with Crippen LogP contribution in [0.5, 0.6) is 0 Å². The Hall–Kier alpha value is -2.01. The highest BCUT2D eigenvalue weighted by Crippen LogP contribution is 2.21. The Morgan fingerprint density at radius 2 is 1.23 bits per heavy atom. The molecule has 0 spiro atoms. The Morgan fingerprint density at radius 3 is 1.59 bits per heavy atom. The summed E-state index contributed by atoms with van der Waals surface area (Å²) in [4.78, 5) is 1.77. The molecular weight excluding hydrogens is 286 g/mol. The van der Waals surface area contributed by atoms with E-state index < -0.39 is 12.4 Å². The van der Waals surface area contributed by atoms with Crippen molar-refractivity contribution in [2.24, 2.45) is 0 Å². The topological polar surface area (TPSA) is 3.24 Å². The van der Waals surface area contributed by atoms with Crippen LogP contribution in [0, 0.1) is 0 Å². The number of rotatable bonds is 7. The Balaban J connectivity index is 2.11. The molecule has 0 saturated heterocycles. The summed E-state index contributed by atoms with van der Waals surface area (Å²) in [5.41, 5.74) is 1.31. The number of halogens is 3. The van der Waals surface area contributed by atoms with Gasteiger partial charge in [0, 0.05) is 13.1 Å². The maximum absolute atomic E-state index is 12.8. The van der Waals surface area contributed by atoms with E-state index in [1.54, 1.807) is 4.90 Å². The third-order valence-electron chi connectivity index (χ3n) is 3.39. The molecule has 0 bridgehead atoms. The normalized spacial score (nSPS) is 11.6. The lowest BCUT2D eigenvalue weighted by Gasteiger charge is -2.28. The van der Waals surface area contributed by atoms with Gasteiger partial charge in [-0.2, -0.15) is 0 Å². The standard InChI is InChI=1S/C17H18BF3N/c1-15(18(19,20)21)12-22(13-16-8-4-2-5-9-16)14-17-10-6-3-7-11-17/h2-11H,1,12-14H2/q-1. The van der Waals surface area contributed by atoms with E-state index in [0.717, 1.165) is 11.1 Å². The average molecular weight is 304 g/mol. The van der Waals surface area contributed by atoms with Crippen molar-refractivity contribution in [2.45, 2.75) is 13.1 Å². The summed E-state index contributed by atoms with van der Waals surface area (Å²) in [5, 5.41) is 0. The van der Waals surface area contributed by atoms with Gasteiger partial charge in [0.1, 0.15) is 0 Å². The van der Waals surface area contributed by atoms with Gasteiger partial charge < -0.3 is 12.9 Å². The van der Waals surface area contributed by atoms with Gasteiger partial charge in [-0.25, -0.2) is 0 Å². The zero-order valence-corrected chi connectivity index (χ0v) is 12.3. The third kappa shape index (κ3) is 5.08. The van der Waals surface area contributed by atoms with Crippen LogP contribution in [0.3, 0.4) is 0 Å². The van der Waals surface area contributed by atoms with Gasteiger partial charge in [-0.15, -0.1) is 12.1 Å². The second kappa shape index (κ2) is 7.32. The first-order valence-corrected chi connectivity index (χ1v) is 7.13. The van der Waals surface area contributed by atoms with Crippen molar-refractivity contribution in [3.8, 4) is 0 Å². The Labute approximate surface area is 129 Å². The molecule has 22 heavy (non-hydrogen) atoms. The van der Waals surface area contributed by atoms with Crippen molar-refractivity contribution in [2.75, 3.05) is 6.54 Å². The van der Waals surface area contributed by atoms with Crippen molar-refractivity contribution < 1.29 is 12.9 Å². The minimum atomic E-state index is -5.00. The lowest BCUT2D eigenvalue weighted by atomic mass is 9.80. The summed E-state index contributed by atoms with van der Waals surface area (Å²) in [6.45, 7) is -1.05. The van der Waals surface area contributed by atoms with Gasteiger partial charge >= 0.3 is 6.98 Å². The van der Waals surface area contributed by atoms with Crippen LogP contribution in [0.2, 0.25) is 0 Å². The predicted octanol–water partition coefficient (Wildman–Crippen LogP) is 4.63. The molecule has 2 aromatic carbocycles. The smallest absolute Gasteiger partial charge is 0.445 e. The van der Waals surface area contributed by atoms with Crippen LogP contribution < -0.4 is 0 Å². The maximum Gasteiger partial charge on any atom is 0.506 e. The lowest BCUT2D eigenvalue weighted by Crippen LogP contribution is -2.32. The molecule has 2 aromatic rings. The molecular formula is C17H18BF3N-. The van der Waals surface area contributed by atoms with E-state index in [2.05, 4.69) is 6.58 Å². The largest absolute Gasteiger partial charge is 0.506 e. The van der Waals surface area contributed by atoms with E-state index in [0.29, 0.717) is 13.1 Å². The van der Waals surface area contributed by atoms with Crippen LogP contribution >= 0.6 is 0 Å². The van der Waals surface area contributed by atoms with Crippen LogP contribution in [0.4, 0.5) is 12.9 Å². The summed E-state index contributed by atoms with van der Waals surface area (Å²) >= 11 is 0. The molecule has 0 aliphatic rings. The highest BCUT2D eigenvalue weighted by Gasteiger charge is 2.27. The Kier molecular flexibility index (Phi) is 5.44. The van der Waals surface area contributed by atoms with Gasteiger partial charge in [-0.3, -0.25) is 4.90 Å². The lowest BCUT2D eigenvalue weighted by molar-refractivity contribution is 0.278. The molecule has 0 aromatic heterocycles. The molecule has 0 atom stereocenters. The first-order chi connectivity index (χ1) is 10.4. The van der Waals surface area contributed by atoms with Crippen molar-refractivity contribution in [1.82, 2.24) is 4.90 Å². The number of hydrogen-bond acceptors (Lipinski definition) is 1. The van der Waals surface area contributed by atoms with Gasteiger partial charge in [0.25, 0.3) is 0 Å². The molecule has 0 amide bonds. The van der Waals surface area contributed by atoms with Gasteiger partial charge in [0.2, 0.25) is 0 Å². The van der Waals surface area contributed by atoms with E-state index in [1.807, 2.05) is 60.7 Å². The molecule has 0 aliphatic carbocycles. The summed E-state index contributed by atoms with van der Waals surface area (Å²) in [5.74, 6) is 0. The fraction of sp³-hybridized carbons (Fsp3) is 0.176. The third-order valence-corrected chi connectivity index (χ3v) is 3.39. The van der Waals surface area contributed by atoms with E-state index in [9.17, 15) is 12.9 Å². The summed E-state index contributed by atoms with van der Waals surface area (Å²) in [6.07, 6.45) is 0. The highest BCUT2D eigenvalue weighted by molar-refractivity contribution is 6.66. The quantitative estimate of drug-likeness (QED) is 0.674. The minimum Gasteiger partial charge on any atom is -0.445 e. The van der Waals surface area contributed by atoms with Gasteiger partial charge in [-0.05, 0) is 17.7 Å². The Morgan fingerprint density at radius 1 is 0.818 bits per heavy atom. The maximum atomic E-state index is 12.8. The van der Waals surface area contributed by atoms with Gasteiger partial charge in [-0.1, -0.05) is 60.7 Å². The van der Waals surface area contributed by atoms with Gasteiger partial charge in [0.15, 0.2) is 0 Å². The molecule has 2 rings (SSSR count). The van der Waals surface area contributed by atoms with Crippen LogP contribution in [-0.2, 0) is 13.1 Å². The van der Waals surface area contributed by atoms with E-state index in [4.69, 9.17) is 0 Å². The Bertz CT molecular complexity index is 555. The first-order valence-electron chi connectivity index (χ1n) is 7.13. The molecule has 1 nitrogen and oxygen atoms in total. The highest BCUT2D eigenvalue weighted by atomic mass is 19.4. The molecule has 0 unspecified atom stereocenters. The summed E-state index contributed by atoms with van der Waals surface area (Å²) in [7, 11) is 0. The molecule has 116 valence electrons. The zero-order valence-electron chi connectivity index (χ0n) is 12.3. The number of hydrogen-bond donors (Lipinski definition) is 0. The van der Waals surface area contributed by atoms with Crippen molar-refractivity contribution in [1.29, 1.82) is 0 Å². The predicted molar refractivity (Wildman–Crippen MR) is 85.2 cm³/mol. The summed E-state index contributed by atoms with van der Waals surface area (Å²) in [6, 6.07) is 19.0. The summed E-state index contributed by atoms with van der Waals surface area (Å²) < 4.78 is 38.5. The van der Waals surface area contributed by atoms with Crippen molar-refractivity contribution >= 4 is 6.98 Å². The van der Waals surface area contributed by atoms with Gasteiger partial charge in [0.05, 0.1) is 0 Å². The van der Waals surface area contributed by atoms with Crippen LogP contribution in [0.1, 0.15) is 11.1 Å². The first kappa shape index (κ1) is 16.4. The SMILES string of the molecule is C=C(CN(Cc1ccccc1)Cc1ccccc1)[B-](F)(F)F. The minimum absolute atomic E-state index is 0.173. The molecule has 0 radical (unpaired) electrons. The van der Waals surface area contributed by atoms with E-state index >= 15 is 0 Å². The molecule has 0 saturated carbocycles. The van der Waals surface area contributed by atoms with Crippen LogP contribution in [0.25, 0.3) is 0 Å². The monoisotopic (exact) mass is 304 g/mol. The fourth-order valence-electron chi connectivity index (χ4n) is 2.24. The second-order valence-corrected chi connectivity index (χ2v) is 5.35. The van der Waals surface area contributed by atoms with E-state index in [-0.39, 0.29) is 6.54 Å².